The minimum absolute atomic E-state index is 0. The van der Waals surface area contributed by atoms with E-state index >= 15 is 0 Å². The van der Waals surface area contributed by atoms with Gasteiger partial charge < -0.3 is 19.7 Å². The van der Waals surface area contributed by atoms with E-state index in [1.54, 1.807) is 0 Å². The van der Waals surface area contributed by atoms with E-state index < -0.39 is 0 Å². The van der Waals surface area contributed by atoms with Gasteiger partial charge in [-0.3, -0.25) is 4.79 Å². The number of halogens is 1. The van der Waals surface area contributed by atoms with E-state index in [0.717, 1.165) is 43.0 Å². The summed E-state index contributed by atoms with van der Waals surface area (Å²) in [5.74, 6) is 1.95. The largest absolute Gasteiger partial charge is 0.454 e. The van der Waals surface area contributed by atoms with Crippen molar-refractivity contribution in [3.8, 4) is 11.5 Å². The molecule has 0 radical (unpaired) electrons. The Balaban J connectivity index is 0.00000161. The minimum Gasteiger partial charge on any atom is -0.454 e. The van der Waals surface area contributed by atoms with Crippen LogP contribution >= 0.6 is 12.4 Å². The molecule has 1 fully saturated rings. The summed E-state index contributed by atoms with van der Waals surface area (Å²) < 4.78 is 10.7. The van der Waals surface area contributed by atoms with Crippen molar-refractivity contribution < 1.29 is 14.3 Å². The van der Waals surface area contributed by atoms with Crippen molar-refractivity contribution in [1.82, 2.24) is 10.2 Å². The highest BCUT2D eigenvalue weighted by molar-refractivity contribution is 5.85. The third-order valence-corrected chi connectivity index (χ3v) is 3.92. The number of carbonyl (C=O) groups excluding carboxylic acids is 1. The van der Waals surface area contributed by atoms with Gasteiger partial charge in [-0.2, -0.15) is 0 Å². The van der Waals surface area contributed by atoms with Crippen molar-refractivity contribution in [3.05, 3.63) is 23.8 Å². The van der Waals surface area contributed by atoms with Crippen molar-refractivity contribution in [2.24, 2.45) is 5.92 Å². The third kappa shape index (κ3) is 3.60. The molecule has 3 rings (SSSR count). The Morgan fingerprint density at radius 3 is 2.76 bits per heavy atom. The molecule has 0 aliphatic carbocycles. The normalized spacial score (nSPS) is 17.2. The van der Waals surface area contributed by atoms with Crippen molar-refractivity contribution in [1.29, 1.82) is 0 Å². The lowest BCUT2D eigenvalue weighted by atomic mass is 9.96. The first-order valence-electron chi connectivity index (χ1n) is 7.08. The predicted octanol–water partition coefficient (Wildman–Crippen LogP) is 1.80. The van der Waals surface area contributed by atoms with E-state index in [0.29, 0.717) is 6.54 Å². The molecule has 0 atom stereocenters. The first-order valence-corrected chi connectivity index (χ1v) is 7.08. The zero-order valence-corrected chi connectivity index (χ0v) is 12.9. The van der Waals surface area contributed by atoms with E-state index in [2.05, 4.69) is 5.32 Å². The molecule has 6 heteroatoms. The lowest BCUT2D eigenvalue weighted by Crippen LogP contribution is -2.38. The molecule has 0 unspecified atom stereocenters. The Labute approximate surface area is 131 Å². The quantitative estimate of drug-likeness (QED) is 0.924. The monoisotopic (exact) mass is 312 g/mol. The fourth-order valence-electron chi connectivity index (χ4n) is 2.77. The van der Waals surface area contributed by atoms with Gasteiger partial charge in [-0.05, 0) is 43.6 Å². The van der Waals surface area contributed by atoms with Gasteiger partial charge in [-0.25, -0.2) is 0 Å². The van der Waals surface area contributed by atoms with Gasteiger partial charge in [0.05, 0.1) is 0 Å². The summed E-state index contributed by atoms with van der Waals surface area (Å²) >= 11 is 0. The van der Waals surface area contributed by atoms with Crippen LogP contribution in [0.3, 0.4) is 0 Å². The predicted molar refractivity (Wildman–Crippen MR) is 81.9 cm³/mol. The van der Waals surface area contributed by atoms with Crippen molar-refractivity contribution in [2.75, 3.05) is 26.9 Å². The van der Waals surface area contributed by atoms with Crippen LogP contribution in [0, 0.1) is 5.92 Å². The maximum absolute atomic E-state index is 12.4. The molecule has 1 saturated heterocycles. The summed E-state index contributed by atoms with van der Waals surface area (Å²) in [7, 11) is 1.87. The Morgan fingerprint density at radius 1 is 1.29 bits per heavy atom. The average Bonchev–Trinajstić information content (AvgIpc) is 2.95. The maximum Gasteiger partial charge on any atom is 0.231 e. The number of benzene rings is 1. The van der Waals surface area contributed by atoms with Crippen molar-refractivity contribution in [3.63, 3.8) is 0 Å². The number of nitrogens with zero attached hydrogens (tertiary/aromatic N) is 1. The summed E-state index contributed by atoms with van der Waals surface area (Å²) in [4.78, 5) is 14.2. The maximum atomic E-state index is 12.4. The Kier molecular flexibility index (Phi) is 5.31. The van der Waals surface area contributed by atoms with Crippen LogP contribution in [-0.2, 0) is 11.3 Å². The number of hydrogen-bond acceptors (Lipinski definition) is 4. The van der Waals surface area contributed by atoms with Crippen LogP contribution in [-0.4, -0.2) is 37.7 Å². The number of ether oxygens (including phenoxy) is 2. The molecule has 2 aliphatic rings. The third-order valence-electron chi connectivity index (χ3n) is 3.92. The van der Waals surface area contributed by atoms with Crippen LogP contribution in [0.5, 0.6) is 11.5 Å². The van der Waals surface area contributed by atoms with E-state index in [1.807, 2.05) is 30.1 Å². The molecule has 1 aromatic rings. The van der Waals surface area contributed by atoms with Gasteiger partial charge in [0.15, 0.2) is 11.5 Å². The van der Waals surface area contributed by atoms with E-state index in [-0.39, 0.29) is 31.0 Å². The molecule has 21 heavy (non-hydrogen) atoms. The molecule has 1 aromatic carbocycles. The van der Waals surface area contributed by atoms with Crippen LogP contribution < -0.4 is 14.8 Å². The first kappa shape index (κ1) is 15.9. The van der Waals surface area contributed by atoms with Gasteiger partial charge in [-0.1, -0.05) is 6.07 Å². The molecule has 0 aromatic heterocycles. The first-order chi connectivity index (χ1) is 9.74. The molecule has 116 valence electrons. The number of carbonyl (C=O) groups is 1. The SMILES string of the molecule is CN(Cc1ccc2c(c1)OCO2)C(=O)C1CCNCC1.Cl. The van der Waals surface area contributed by atoms with Crippen LogP contribution in [0.15, 0.2) is 18.2 Å². The van der Waals surface area contributed by atoms with Gasteiger partial charge in [0.2, 0.25) is 12.7 Å². The Bertz CT molecular complexity index is 504. The summed E-state index contributed by atoms with van der Waals surface area (Å²) in [6.45, 7) is 2.77. The molecule has 2 heterocycles. The van der Waals surface area contributed by atoms with Crippen LogP contribution in [0.1, 0.15) is 18.4 Å². The summed E-state index contributed by atoms with van der Waals surface area (Å²) in [6, 6.07) is 5.84. The highest BCUT2D eigenvalue weighted by Crippen LogP contribution is 2.32. The number of rotatable bonds is 3. The zero-order valence-electron chi connectivity index (χ0n) is 12.1. The minimum atomic E-state index is 0. The number of nitrogens with one attached hydrogen (secondary N) is 1. The molecule has 5 nitrogen and oxygen atoms in total. The summed E-state index contributed by atoms with van der Waals surface area (Å²) in [6.07, 6.45) is 1.87. The summed E-state index contributed by atoms with van der Waals surface area (Å²) in [5, 5.41) is 3.29. The van der Waals surface area contributed by atoms with E-state index in [9.17, 15) is 4.79 Å². The average molecular weight is 313 g/mol. The number of fused-ring (bicyclic) bond motifs is 1. The van der Waals surface area contributed by atoms with Crippen LogP contribution in [0.4, 0.5) is 0 Å². The molecular weight excluding hydrogens is 292 g/mol. The van der Waals surface area contributed by atoms with Gasteiger partial charge >= 0.3 is 0 Å². The highest BCUT2D eigenvalue weighted by atomic mass is 35.5. The van der Waals surface area contributed by atoms with E-state index in [1.165, 1.54) is 0 Å². The van der Waals surface area contributed by atoms with Gasteiger partial charge in [0.1, 0.15) is 0 Å². The molecule has 0 spiro atoms. The lowest BCUT2D eigenvalue weighted by Gasteiger charge is -2.27. The van der Waals surface area contributed by atoms with Crippen LogP contribution in [0.2, 0.25) is 0 Å². The number of hydrogen-bond donors (Lipinski definition) is 1. The second kappa shape index (κ2) is 7.00. The number of piperidine rings is 1. The van der Waals surface area contributed by atoms with Crippen molar-refractivity contribution >= 4 is 18.3 Å². The second-order valence-electron chi connectivity index (χ2n) is 5.41. The smallest absolute Gasteiger partial charge is 0.231 e. The van der Waals surface area contributed by atoms with Gasteiger partial charge in [-0.15, -0.1) is 12.4 Å². The highest BCUT2D eigenvalue weighted by Gasteiger charge is 2.24. The fourth-order valence-corrected chi connectivity index (χ4v) is 2.77. The van der Waals surface area contributed by atoms with Crippen LogP contribution in [0.25, 0.3) is 0 Å². The molecule has 2 aliphatic heterocycles. The van der Waals surface area contributed by atoms with Gasteiger partial charge in [0.25, 0.3) is 0 Å². The standard InChI is InChI=1S/C15H20N2O3.ClH/c1-17(15(18)12-4-6-16-7-5-12)9-11-2-3-13-14(8-11)20-10-19-13;/h2-3,8,12,16H,4-7,9-10H2,1H3;1H. The Morgan fingerprint density at radius 2 is 2.00 bits per heavy atom. The van der Waals surface area contributed by atoms with E-state index in [4.69, 9.17) is 9.47 Å². The zero-order chi connectivity index (χ0) is 13.9. The molecule has 0 saturated carbocycles. The van der Waals surface area contributed by atoms with Gasteiger partial charge in [0, 0.05) is 19.5 Å². The summed E-state index contributed by atoms with van der Waals surface area (Å²) in [5.41, 5.74) is 1.07. The van der Waals surface area contributed by atoms with Crippen molar-refractivity contribution in [2.45, 2.75) is 19.4 Å². The molecule has 1 N–H and O–H groups in total. The lowest BCUT2D eigenvalue weighted by molar-refractivity contribution is -0.135. The topological polar surface area (TPSA) is 50.8 Å². The second-order valence-corrected chi connectivity index (χ2v) is 5.41. The Hall–Kier alpha value is -1.46. The number of amides is 1. The fraction of sp³-hybridized carbons (Fsp3) is 0.533. The molecular formula is C15H21ClN2O3. The molecule has 1 amide bonds. The molecule has 0 bridgehead atoms.